The van der Waals surface area contributed by atoms with E-state index in [0.717, 1.165) is 0 Å². The molecule has 25 heavy (non-hydrogen) atoms. The highest BCUT2D eigenvalue weighted by Crippen LogP contribution is 2.28. The number of amides is 2. The third kappa shape index (κ3) is 5.20. The molecule has 7 heteroatoms. The van der Waals surface area contributed by atoms with Crippen LogP contribution in [0.2, 0.25) is 0 Å². The summed E-state index contributed by atoms with van der Waals surface area (Å²) in [5, 5.41) is 8.33. The van der Waals surface area contributed by atoms with E-state index in [1.807, 2.05) is 0 Å². The van der Waals surface area contributed by atoms with E-state index in [1.54, 1.807) is 31.2 Å². The molecule has 0 aliphatic carbocycles. The minimum Gasteiger partial charge on any atom is -0.494 e. The topological polar surface area (TPSA) is 79.5 Å². The number of nitrogens with one attached hydrogen (secondary N) is 3. The fraction of sp³-hybridized carbons (Fsp3) is 0.222. The lowest BCUT2D eigenvalue weighted by molar-refractivity contribution is -0.116. The van der Waals surface area contributed by atoms with Gasteiger partial charge in [-0.15, -0.1) is 0 Å². The van der Waals surface area contributed by atoms with Gasteiger partial charge in [0, 0.05) is 24.4 Å². The first kappa shape index (κ1) is 18.3. The molecule has 2 aromatic rings. The van der Waals surface area contributed by atoms with Gasteiger partial charge in [0.15, 0.2) is 0 Å². The highest BCUT2D eigenvalue weighted by molar-refractivity contribution is 5.96. The molecular formula is C18H20FN3O3. The SMILES string of the molecule is COc1cc(NC(C)C(=O)Nc2cccc(F)c2)ccc1NC(C)=O. The number of hydrogen-bond donors (Lipinski definition) is 3. The molecule has 0 saturated carbocycles. The van der Waals surface area contributed by atoms with Crippen molar-refractivity contribution < 1.29 is 18.7 Å². The predicted molar refractivity (Wildman–Crippen MR) is 95.4 cm³/mol. The van der Waals surface area contributed by atoms with Crippen LogP contribution in [0.3, 0.4) is 0 Å². The first-order chi connectivity index (χ1) is 11.9. The highest BCUT2D eigenvalue weighted by Gasteiger charge is 2.14. The Morgan fingerprint density at radius 2 is 1.84 bits per heavy atom. The molecule has 0 heterocycles. The van der Waals surface area contributed by atoms with Crippen molar-refractivity contribution in [2.75, 3.05) is 23.1 Å². The lowest BCUT2D eigenvalue weighted by atomic mass is 10.2. The maximum Gasteiger partial charge on any atom is 0.246 e. The molecule has 2 aromatic carbocycles. The number of halogens is 1. The lowest BCUT2D eigenvalue weighted by Crippen LogP contribution is -2.31. The predicted octanol–water partition coefficient (Wildman–Crippen LogP) is 3.23. The molecule has 1 unspecified atom stereocenters. The Morgan fingerprint density at radius 3 is 2.48 bits per heavy atom. The molecule has 0 saturated heterocycles. The smallest absolute Gasteiger partial charge is 0.246 e. The molecule has 132 valence electrons. The molecule has 0 fully saturated rings. The number of carbonyl (C=O) groups is 2. The largest absolute Gasteiger partial charge is 0.494 e. The number of ether oxygens (including phenoxy) is 1. The van der Waals surface area contributed by atoms with Crippen LogP contribution in [0.4, 0.5) is 21.5 Å². The molecule has 2 rings (SSSR count). The van der Waals surface area contributed by atoms with E-state index in [0.29, 0.717) is 22.8 Å². The summed E-state index contributed by atoms with van der Waals surface area (Å²) in [5.74, 6) is -0.466. The van der Waals surface area contributed by atoms with Gasteiger partial charge in [0.25, 0.3) is 0 Å². The molecule has 0 spiro atoms. The zero-order valence-corrected chi connectivity index (χ0v) is 14.2. The average molecular weight is 345 g/mol. The number of rotatable bonds is 6. The summed E-state index contributed by atoms with van der Waals surface area (Å²) >= 11 is 0. The molecule has 0 aromatic heterocycles. The maximum absolute atomic E-state index is 13.2. The van der Waals surface area contributed by atoms with E-state index in [2.05, 4.69) is 16.0 Å². The summed E-state index contributed by atoms with van der Waals surface area (Å²) in [6, 6.07) is 10.2. The van der Waals surface area contributed by atoms with Crippen molar-refractivity contribution in [2.45, 2.75) is 19.9 Å². The van der Waals surface area contributed by atoms with Crippen LogP contribution in [-0.4, -0.2) is 25.0 Å². The zero-order chi connectivity index (χ0) is 18.4. The fourth-order valence-electron chi connectivity index (χ4n) is 2.21. The summed E-state index contributed by atoms with van der Waals surface area (Å²) in [4.78, 5) is 23.4. The van der Waals surface area contributed by atoms with Gasteiger partial charge in [-0.25, -0.2) is 4.39 Å². The summed E-state index contributed by atoms with van der Waals surface area (Å²) in [7, 11) is 1.49. The Balaban J connectivity index is 2.05. The fourth-order valence-corrected chi connectivity index (χ4v) is 2.21. The summed E-state index contributed by atoms with van der Waals surface area (Å²) in [6.07, 6.45) is 0. The number of carbonyl (C=O) groups excluding carboxylic acids is 2. The monoisotopic (exact) mass is 345 g/mol. The Hall–Kier alpha value is -3.09. The maximum atomic E-state index is 13.2. The normalized spacial score (nSPS) is 11.4. The van der Waals surface area contributed by atoms with Crippen molar-refractivity contribution in [1.82, 2.24) is 0 Å². The lowest BCUT2D eigenvalue weighted by Gasteiger charge is -2.17. The number of benzene rings is 2. The third-order valence-corrected chi connectivity index (χ3v) is 3.38. The van der Waals surface area contributed by atoms with Crippen molar-refractivity contribution in [3.8, 4) is 5.75 Å². The minimum atomic E-state index is -0.570. The molecule has 3 N–H and O–H groups in total. The van der Waals surface area contributed by atoms with E-state index in [9.17, 15) is 14.0 Å². The van der Waals surface area contributed by atoms with Gasteiger partial charge in [-0.1, -0.05) is 6.07 Å². The molecule has 2 amide bonds. The van der Waals surface area contributed by atoms with Gasteiger partial charge in [-0.05, 0) is 37.3 Å². The summed E-state index contributed by atoms with van der Waals surface area (Å²) in [5.41, 5.74) is 1.57. The molecule has 6 nitrogen and oxygen atoms in total. The van der Waals surface area contributed by atoms with Crippen LogP contribution in [0, 0.1) is 5.82 Å². The molecule has 0 aliphatic heterocycles. The van der Waals surface area contributed by atoms with Crippen LogP contribution in [0.1, 0.15) is 13.8 Å². The Kier molecular flexibility index (Phi) is 5.94. The van der Waals surface area contributed by atoms with Crippen molar-refractivity contribution in [3.63, 3.8) is 0 Å². The Morgan fingerprint density at radius 1 is 1.08 bits per heavy atom. The first-order valence-corrected chi connectivity index (χ1v) is 7.67. The second-order valence-electron chi connectivity index (χ2n) is 5.46. The van der Waals surface area contributed by atoms with Crippen LogP contribution in [0.15, 0.2) is 42.5 Å². The van der Waals surface area contributed by atoms with E-state index in [-0.39, 0.29) is 11.8 Å². The van der Waals surface area contributed by atoms with E-state index in [4.69, 9.17) is 4.74 Å². The van der Waals surface area contributed by atoms with Crippen LogP contribution >= 0.6 is 0 Å². The first-order valence-electron chi connectivity index (χ1n) is 7.67. The van der Waals surface area contributed by atoms with Gasteiger partial charge in [0.2, 0.25) is 11.8 Å². The molecule has 0 bridgehead atoms. The van der Waals surface area contributed by atoms with Gasteiger partial charge >= 0.3 is 0 Å². The Bertz CT molecular complexity index is 780. The summed E-state index contributed by atoms with van der Waals surface area (Å²) < 4.78 is 18.4. The number of methoxy groups -OCH3 is 1. The van der Waals surface area contributed by atoms with Crippen LogP contribution < -0.4 is 20.7 Å². The standard InChI is InChI=1S/C18H20FN3O3/c1-11(18(24)22-14-6-4-5-13(19)9-14)20-15-7-8-16(21-12(2)23)17(10-15)25-3/h4-11,20H,1-3H3,(H,21,23)(H,22,24). The van der Waals surface area contributed by atoms with Gasteiger partial charge in [0.05, 0.1) is 12.8 Å². The second-order valence-corrected chi connectivity index (χ2v) is 5.46. The van der Waals surface area contributed by atoms with Gasteiger partial charge in [-0.2, -0.15) is 0 Å². The van der Waals surface area contributed by atoms with Crippen LogP contribution in [-0.2, 0) is 9.59 Å². The number of hydrogen-bond acceptors (Lipinski definition) is 4. The van der Waals surface area contributed by atoms with Gasteiger partial charge in [-0.3, -0.25) is 9.59 Å². The van der Waals surface area contributed by atoms with Crippen molar-refractivity contribution in [3.05, 3.63) is 48.3 Å². The Labute approximate surface area is 145 Å². The third-order valence-electron chi connectivity index (χ3n) is 3.38. The summed E-state index contributed by atoms with van der Waals surface area (Å²) in [6.45, 7) is 3.09. The van der Waals surface area contributed by atoms with Crippen molar-refractivity contribution in [2.24, 2.45) is 0 Å². The highest BCUT2D eigenvalue weighted by atomic mass is 19.1. The second kappa shape index (κ2) is 8.14. The van der Waals surface area contributed by atoms with Gasteiger partial charge in [0.1, 0.15) is 17.6 Å². The van der Waals surface area contributed by atoms with Crippen molar-refractivity contribution >= 4 is 28.9 Å². The zero-order valence-electron chi connectivity index (χ0n) is 14.2. The molecule has 0 aliphatic rings. The minimum absolute atomic E-state index is 0.207. The van der Waals surface area contributed by atoms with Gasteiger partial charge < -0.3 is 20.7 Å². The van der Waals surface area contributed by atoms with E-state index >= 15 is 0 Å². The molecular weight excluding hydrogens is 325 g/mol. The van der Waals surface area contributed by atoms with Crippen molar-refractivity contribution in [1.29, 1.82) is 0 Å². The quantitative estimate of drug-likeness (QED) is 0.751. The van der Waals surface area contributed by atoms with E-state index < -0.39 is 11.9 Å². The van der Waals surface area contributed by atoms with Crippen LogP contribution in [0.25, 0.3) is 0 Å². The van der Waals surface area contributed by atoms with E-state index in [1.165, 1.54) is 32.2 Å². The molecule has 0 radical (unpaired) electrons. The average Bonchev–Trinajstić information content (AvgIpc) is 2.55. The van der Waals surface area contributed by atoms with Crippen LogP contribution in [0.5, 0.6) is 5.75 Å². The molecule has 1 atom stereocenters. The number of anilines is 3.